The Bertz CT molecular complexity index is 869. The van der Waals surface area contributed by atoms with Crippen molar-refractivity contribution in [3.05, 3.63) is 48.0 Å². The normalized spacial score (nSPS) is 19.8. The van der Waals surface area contributed by atoms with Crippen LogP contribution in [0.5, 0.6) is 0 Å². The van der Waals surface area contributed by atoms with Crippen molar-refractivity contribution >= 4 is 39.6 Å². The average molecular weight is 368 g/mol. The van der Waals surface area contributed by atoms with Crippen LogP contribution in [-0.4, -0.2) is 40.3 Å². The standard InChI is InChI=1S/C20H20N2O3S/c23-18(12-17-19(24)21-20(26-17)22-10-3-4-11-22)25-13-15-8-5-7-14-6-1-2-9-16(14)15/h1-2,5-9,17H,3-4,10-13H2/t17-/m1/s1. The smallest absolute Gasteiger partial charge is 0.307 e. The Hall–Kier alpha value is -2.34. The van der Waals surface area contributed by atoms with E-state index in [1.807, 2.05) is 42.5 Å². The van der Waals surface area contributed by atoms with Crippen LogP contribution < -0.4 is 0 Å². The molecule has 134 valence electrons. The van der Waals surface area contributed by atoms with E-state index in [2.05, 4.69) is 9.89 Å². The molecular formula is C20H20N2O3S. The number of hydrogen-bond donors (Lipinski definition) is 0. The van der Waals surface area contributed by atoms with Gasteiger partial charge < -0.3 is 9.64 Å². The summed E-state index contributed by atoms with van der Waals surface area (Å²) < 4.78 is 5.44. The van der Waals surface area contributed by atoms with Crippen LogP contribution in [0.4, 0.5) is 0 Å². The third kappa shape index (κ3) is 3.60. The number of ether oxygens (including phenoxy) is 1. The zero-order valence-electron chi connectivity index (χ0n) is 14.4. The molecule has 6 heteroatoms. The van der Waals surface area contributed by atoms with Crippen LogP contribution in [0.25, 0.3) is 10.8 Å². The third-order valence-electron chi connectivity index (χ3n) is 4.73. The van der Waals surface area contributed by atoms with Crippen LogP contribution >= 0.6 is 11.8 Å². The molecule has 2 aliphatic rings. The number of rotatable bonds is 4. The lowest BCUT2D eigenvalue weighted by atomic mass is 10.1. The highest BCUT2D eigenvalue weighted by Crippen LogP contribution is 2.29. The van der Waals surface area contributed by atoms with Crippen molar-refractivity contribution in [3.63, 3.8) is 0 Å². The molecule has 0 saturated carbocycles. The fourth-order valence-corrected chi connectivity index (χ4v) is 4.44. The summed E-state index contributed by atoms with van der Waals surface area (Å²) in [5.74, 6) is -0.583. The number of nitrogens with zero attached hydrogens (tertiary/aromatic N) is 2. The second kappa shape index (κ2) is 7.50. The van der Waals surface area contributed by atoms with Gasteiger partial charge in [0, 0.05) is 13.1 Å². The molecule has 1 amide bonds. The molecule has 0 N–H and O–H groups in total. The van der Waals surface area contributed by atoms with E-state index >= 15 is 0 Å². The summed E-state index contributed by atoms with van der Waals surface area (Å²) in [6.45, 7) is 2.10. The molecule has 2 aliphatic heterocycles. The lowest BCUT2D eigenvalue weighted by Crippen LogP contribution is -2.24. The summed E-state index contributed by atoms with van der Waals surface area (Å²) in [5.41, 5.74) is 0.968. The number of likely N-dealkylation sites (tertiary alicyclic amines) is 1. The first-order valence-electron chi connectivity index (χ1n) is 8.87. The number of benzene rings is 2. The molecule has 1 fully saturated rings. The van der Waals surface area contributed by atoms with E-state index in [1.54, 1.807) is 0 Å². The number of aliphatic imine (C=N–C) groups is 1. The van der Waals surface area contributed by atoms with E-state index in [0.717, 1.165) is 47.4 Å². The number of carbonyl (C=O) groups excluding carboxylic acids is 2. The van der Waals surface area contributed by atoms with Gasteiger partial charge in [0.2, 0.25) is 0 Å². The topological polar surface area (TPSA) is 59.0 Å². The second-order valence-electron chi connectivity index (χ2n) is 6.54. The second-order valence-corrected chi connectivity index (χ2v) is 7.71. The van der Waals surface area contributed by atoms with Crippen LogP contribution in [0.2, 0.25) is 0 Å². The Kier molecular flexibility index (Phi) is 4.93. The number of esters is 1. The first-order chi connectivity index (χ1) is 12.7. The predicted molar refractivity (Wildman–Crippen MR) is 103 cm³/mol. The van der Waals surface area contributed by atoms with Crippen molar-refractivity contribution < 1.29 is 14.3 Å². The molecule has 2 aromatic rings. The van der Waals surface area contributed by atoms with Gasteiger partial charge in [0.05, 0.1) is 6.42 Å². The van der Waals surface area contributed by atoms with Gasteiger partial charge in [0.15, 0.2) is 5.17 Å². The van der Waals surface area contributed by atoms with E-state index in [1.165, 1.54) is 11.8 Å². The van der Waals surface area contributed by atoms with Crippen molar-refractivity contribution in [2.75, 3.05) is 13.1 Å². The van der Waals surface area contributed by atoms with Gasteiger partial charge in [-0.3, -0.25) is 9.59 Å². The first-order valence-corrected chi connectivity index (χ1v) is 9.75. The molecule has 1 saturated heterocycles. The monoisotopic (exact) mass is 368 g/mol. The van der Waals surface area contributed by atoms with Crippen molar-refractivity contribution in [1.82, 2.24) is 4.90 Å². The average Bonchev–Trinajstić information content (AvgIpc) is 3.30. The molecular weight excluding hydrogens is 348 g/mol. The molecule has 0 radical (unpaired) electrons. The number of thioether (sulfide) groups is 1. The van der Waals surface area contributed by atoms with Gasteiger partial charge in [-0.25, -0.2) is 0 Å². The van der Waals surface area contributed by atoms with Gasteiger partial charge in [-0.15, -0.1) is 0 Å². The highest BCUT2D eigenvalue weighted by molar-refractivity contribution is 8.15. The zero-order valence-corrected chi connectivity index (χ0v) is 15.2. The van der Waals surface area contributed by atoms with Crippen LogP contribution in [-0.2, 0) is 20.9 Å². The van der Waals surface area contributed by atoms with Crippen molar-refractivity contribution in [2.45, 2.75) is 31.1 Å². The van der Waals surface area contributed by atoms with E-state index in [9.17, 15) is 9.59 Å². The summed E-state index contributed by atoms with van der Waals surface area (Å²) in [5, 5.41) is 2.50. The lowest BCUT2D eigenvalue weighted by Gasteiger charge is -2.16. The first kappa shape index (κ1) is 17.1. The summed E-state index contributed by atoms with van der Waals surface area (Å²) in [7, 11) is 0. The van der Waals surface area contributed by atoms with Crippen molar-refractivity contribution in [3.8, 4) is 0 Å². The van der Waals surface area contributed by atoms with Crippen LogP contribution in [0, 0.1) is 0 Å². The van der Waals surface area contributed by atoms with E-state index < -0.39 is 5.25 Å². The molecule has 0 unspecified atom stereocenters. The largest absolute Gasteiger partial charge is 0.461 e. The van der Waals surface area contributed by atoms with Gasteiger partial charge in [0.1, 0.15) is 11.9 Å². The molecule has 2 aromatic carbocycles. The van der Waals surface area contributed by atoms with Gasteiger partial charge in [-0.05, 0) is 29.2 Å². The van der Waals surface area contributed by atoms with Crippen LogP contribution in [0.3, 0.4) is 0 Å². The van der Waals surface area contributed by atoms with E-state index in [-0.39, 0.29) is 24.9 Å². The van der Waals surface area contributed by atoms with Crippen LogP contribution in [0.1, 0.15) is 24.8 Å². The zero-order chi connectivity index (χ0) is 17.9. The Balaban J connectivity index is 1.34. The van der Waals surface area contributed by atoms with E-state index in [0.29, 0.717) is 0 Å². The predicted octanol–water partition coefficient (Wildman–Crippen LogP) is 3.37. The summed E-state index contributed by atoms with van der Waals surface area (Å²) >= 11 is 1.39. The minimum atomic E-state index is -0.453. The molecule has 1 atom stereocenters. The number of fused-ring (bicyclic) bond motifs is 1. The maximum Gasteiger partial charge on any atom is 0.307 e. The highest BCUT2D eigenvalue weighted by Gasteiger charge is 2.34. The van der Waals surface area contributed by atoms with Gasteiger partial charge in [0.25, 0.3) is 5.91 Å². The van der Waals surface area contributed by atoms with E-state index in [4.69, 9.17) is 4.74 Å². The maximum atomic E-state index is 12.2. The molecule has 0 aliphatic carbocycles. The number of carbonyl (C=O) groups is 2. The Labute approximate surface area is 156 Å². The lowest BCUT2D eigenvalue weighted by molar-refractivity contribution is -0.145. The Morgan fingerprint density at radius 3 is 2.77 bits per heavy atom. The molecule has 26 heavy (non-hydrogen) atoms. The summed E-state index contributed by atoms with van der Waals surface area (Å²) in [6.07, 6.45) is 2.33. The molecule has 0 spiro atoms. The summed E-state index contributed by atoms with van der Waals surface area (Å²) in [6, 6.07) is 14.0. The van der Waals surface area contributed by atoms with Crippen LogP contribution in [0.15, 0.2) is 47.5 Å². The number of hydrogen-bond acceptors (Lipinski definition) is 5. The Morgan fingerprint density at radius 1 is 1.15 bits per heavy atom. The van der Waals surface area contributed by atoms with Crippen molar-refractivity contribution in [2.24, 2.45) is 4.99 Å². The highest BCUT2D eigenvalue weighted by atomic mass is 32.2. The molecule has 2 heterocycles. The molecule has 0 bridgehead atoms. The Morgan fingerprint density at radius 2 is 1.92 bits per heavy atom. The van der Waals surface area contributed by atoms with Gasteiger partial charge in [-0.2, -0.15) is 4.99 Å². The third-order valence-corrected chi connectivity index (χ3v) is 5.94. The molecule has 4 rings (SSSR count). The number of amidine groups is 1. The molecule has 5 nitrogen and oxygen atoms in total. The minimum Gasteiger partial charge on any atom is -0.461 e. The summed E-state index contributed by atoms with van der Waals surface area (Å²) in [4.78, 5) is 30.6. The van der Waals surface area contributed by atoms with Crippen molar-refractivity contribution in [1.29, 1.82) is 0 Å². The fraction of sp³-hybridized carbons (Fsp3) is 0.350. The SMILES string of the molecule is O=C(C[C@H]1SC(N2CCCC2)=NC1=O)OCc1cccc2ccccc12. The number of amides is 1. The minimum absolute atomic E-state index is 0.0646. The van der Waals surface area contributed by atoms with Gasteiger partial charge in [-0.1, -0.05) is 54.2 Å². The fourth-order valence-electron chi connectivity index (χ4n) is 3.34. The quantitative estimate of drug-likeness (QED) is 0.775. The van der Waals surface area contributed by atoms with Gasteiger partial charge >= 0.3 is 5.97 Å². The maximum absolute atomic E-state index is 12.2. The molecule has 0 aromatic heterocycles.